The number of rotatable bonds is 6. The molecule has 4 rings (SSSR count). The molecule has 32 heavy (non-hydrogen) atoms. The van der Waals surface area contributed by atoms with Gasteiger partial charge in [0.1, 0.15) is 5.75 Å². The monoisotopic (exact) mass is 503 g/mol. The Labute approximate surface area is 202 Å². The standard InChI is InChI=1S/C23H19Cl2N3O2S2/c1-13-17(24)5-3-7-19(13)27-31-21-11-22(16-12-26-10-9-15(16)23(21)29)32(30)28-20-8-4-6-18(25)14(20)2/h3-12,27-29H,1-2H3. The molecule has 3 aromatic carbocycles. The van der Waals surface area contributed by atoms with Crippen LogP contribution < -0.4 is 9.44 Å². The number of anilines is 2. The van der Waals surface area contributed by atoms with Crippen molar-refractivity contribution in [1.82, 2.24) is 4.98 Å². The van der Waals surface area contributed by atoms with Gasteiger partial charge in [-0.15, -0.1) is 0 Å². The molecule has 1 aromatic heterocycles. The molecule has 1 unspecified atom stereocenters. The van der Waals surface area contributed by atoms with E-state index in [1.54, 1.807) is 36.7 Å². The van der Waals surface area contributed by atoms with Crippen LogP contribution in [0, 0.1) is 13.8 Å². The SMILES string of the molecule is Cc1c(Cl)cccc1NSc1cc(S(=O)Nc2cccc(Cl)c2C)c2cnccc2c1O. The van der Waals surface area contributed by atoms with E-state index in [1.165, 1.54) is 11.9 Å². The van der Waals surface area contributed by atoms with Crippen molar-refractivity contribution in [3.05, 3.63) is 82.1 Å². The number of phenols is 1. The molecule has 0 radical (unpaired) electrons. The molecule has 1 atom stereocenters. The van der Waals surface area contributed by atoms with E-state index >= 15 is 0 Å². The van der Waals surface area contributed by atoms with Gasteiger partial charge >= 0.3 is 0 Å². The van der Waals surface area contributed by atoms with Crippen LogP contribution in [0.4, 0.5) is 11.4 Å². The van der Waals surface area contributed by atoms with Crippen LogP contribution in [0.15, 0.2) is 70.7 Å². The first-order valence-corrected chi connectivity index (χ1v) is 12.3. The Kier molecular flexibility index (Phi) is 6.81. The fourth-order valence-corrected chi connectivity index (χ4v) is 5.49. The quantitative estimate of drug-likeness (QED) is 0.244. The number of hydrogen-bond acceptors (Lipinski definition) is 5. The molecule has 0 fully saturated rings. The number of nitrogens with one attached hydrogen (secondary N) is 2. The number of hydrogen-bond donors (Lipinski definition) is 3. The summed E-state index contributed by atoms with van der Waals surface area (Å²) >= 11 is 13.6. The van der Waals surface area contributed by atoms with E-state index in [4.69, 9.17) is 23.2 Å². The minimum Gasteiger partial charge on any atom is -0.506 e. The second-order valence-corrected chi connectivity index (χ2v) is 9.89. The van der Waals surface area contributed by atoms with Crippen LogP contribution >= 0.6 is 35.1 Å². The molecule has 3 N–H and O–H groups in total. The fraction of sp³-hybridized carbons (Fsp3) is 0.0870. The summed E-state index contributed by atoms with van der Waals surface area (Å²) in [6.07, 6.45) is 3.18. The number of phenolic OH excluding ortho intramolecular Hbond substituents is 1. The van der Waals surface area contributed by atoms with Crippen molar-refractivity contribution in [3.8, 4) is 5.75 Å². The Balaban J connectivity index is 1.72. The number of pyridine rings is 1. The largest absolute Gasteiger partial charge is 0.506 e. The fourth-order valence-electron chi connectivity index (χ4n) is 3.13. The number of benzene rings is 3. The minimum atomic E-state index is -1.62. The zero-order chi connectivity index (χ0) is 22.8. The highest BCUT2D eigenvalue weighted by Gasteiger charge is 2.18. The normalized spacial score (nSPS) is 12.0. The third kappa shape index (κ3) is 4.52. The Morgan fingerprint density at radius 3 is 2.34 bits per heavy atom. The van der Waals surface area contributed by atoms with Crippen LogP contribution in [0.2, 0.25) is 10.0 Å². The van der Waals surface area contributed by atoms with Crippen molar-refractivity contribution in [2.24, 2.45) is 0 Å². The van der Waals surface area contributed by atoms with E-state index in [9.17, 15) is 9.32 Å². The van der Waals surface area contributed by atoms with Crippen molar-refractivity contribution >= 4 is 68.3 Å². The van der Waals surface area contributed by atoms with Crippen molar-refractivity contribution in [1.29, 1.82) is 0 Å². The Morgan fingerprint density at radius 2 is 1.62 bits per heavy atom. The molecule has 164 valence electrons. The van der Waals surface area contributed by atoms with Gasteiger partial charge in [0.25, 0.3) is 0 Å². The van der Waals surface area contributed by atoms with Crippen LogP contribution in [0.3, 0.4) is 0 Å². The first kappa shape index (κ1) is 22.7. The predicted molar refractivity (Wildman–Crippen MR) is 135 cm³/mol. The zero-order valence-electron chi connectivity index (χ0n) is 17.1. The number of fused-ring (bicyclic) bond motifs is 1. The first-order chi connectivity index (χ1) is 15.4. The van der Waals surface area contributed by atoms with Crippen molar-refractivity contribution in [3.63, 3.8) is 0 Å². The highest BCUT2D eigenvalue weighted by molar-refractivity contribution is 8.00. The molecular formula is C23H19Cl2N3O2S2. The van der Waals surface area contributed by atoms with E-state index in [2.05, 4.69) is 14.4 Å². The summed E-state index contributed by atoms with van der Waals surface area (Å²) in [7, 11) is -1.62. The molecule has 4 aromatic rings. The van der Waals surface area contributed by atoms with Gasteiger partial charge in [-0.1, -0.05) is 35.3 Å². The van der Waals surface area contributed by atoms with Crippen LogP contribution in [0.25, 0.3) is 10.8 Å². The van der Waals surface area contributed by atoms with Gasteiger partial charge in [0.05, 0.1) is 15.5 Å². The summed E-state index contributed by atoms with van der Waals surface area (Å²) in [5.74, 6) is 0.0827. The highest BCUT2D eigenvalue weighted by atomic mass is 35.5. The predicted octanol–water partition coefficient (Wildman–Crippen LogP) is 7.12. The van der Waals surface area contributed by atoms with Crippen LogP contribution in [-0.2, 0) is 11.0 Å². The molecule has 0 saturated heterocycles. The van der Waals surface area contributed by atoms with Crippen LogP contribution in [-0.4, -0.2) is 14.3 Å². The molecule has 1 heterocycles. The minimum absolute atomic E-state index is 0.0827. The van der Waals surface area contributed by atoms with E-state index in [-0.39, 0.29) is 5.75 Å². The average molecular weight is 504 g/mol. The molecule has 0 saturated carbocycles. The van der Waals surface area contributed by atoms with Gasteiger partial charge in [0.15, 0.2) is 11.0 Å². The summed E-state index contributed by atoms with van der Waals surface area (Å²) in [4.78, 5) is 5.17. The zero-order valence-corrected chi connectivity index (χ0v) is 20.3. The average Bonchev–Trinajstić information content (AvgIpc) is 2.79. The van der Waals surface area contributed by atoms with Crippen LogP contribution in [0.5, 0.6) is 5.75 Å². The smallest absolute Gasteiger partial charge is 0.151 e. The van der Waals surface area contributed by atoms with Crippen LogP contribution in [0.1, 0.15) is 11.1 Å². The summed E-state index contributed by atoms with van der Waals surface area (Å²) in [5.41, 5.74) is 3.19. The first-order valence-electron chi connectivity index (χ1n) is 9.58. The lowest BCUT2D eigenvalue weighted by molar-refractivity contribution is 0.468. The Bertz CT molecular complexity index is 1350. The van der Waals surface area contributed by atoms with Gasteiger partial charge in [0, 0.05) is 38.9 Å². The molecule has 5 nitrogen and oxygen atoms in total. The number of aromatic hydroxyl groups is 1. The van der Waals surface area contributed by atoms with Gasteiger partial charge in [-0.05, 0) is 73.3 Å². The van der Waals surface area contributed by atoms with Gasteiger partial charge in [-0.2, -0.15) is 0 Å². The number of nitrogens with zero attached hydrogens (tertiary/aromatic N) is 1. The third-order valence-electron chi connectivity index (χ3n) is 5.05. The summed E-state index contributed by atoms with van der Waals surface area (Å²) in [5, 5.41) is 13.3. The molecule has 9 heteroatoms. The second-order valence-electron chi connectivity index (χ2n) is 7.04. The maximum atomic E-state index is 13.3. The lowest BCUT2D eigenvalue weighted by Gasteiger charge is -2.15. The maximum Gasteiger partial charge on any atom is 0.151 e. The van der Waals surface area contributed by atoms with Gasteiger partial charge < -0.3 is 14.6 Å². The lowest BCUT2D eigenvalue weighted by atomic mass is 10.1. The molecule has 0 aliphatic carbocycles. The Morgan fingerprint density at radius 1 is 0.969 bits per heavy atom. The van der Waals surface area contributed by atoms with Crippen molar-refractivity contribution in [2.45, 2.75) is 23.6 Å². The van der Waals surface area contributed by atoms with Crippen molar-refractivity contribution < 1.29 is 9.32 Å². The number of halogens is 2. The summed E-state index contributed by atoms with van der Waals surface area (Å²) in [6, 6.07) is 14.4. The third-order valence-corrected chi connectivity index (χ3v) is 7.86. The van der Waals surface area contributed by atoms with E-state index in [0.29, 0.717) is 36.3 Å². The molecule has 0 amide bonds. The molecule has 0 bridgehead atoms. The number of aromatic nitrogens is 1. The van der Waals surface area contributed by atoms with E-state index in [0.717, 1.165) is 16.8 Å². The lowest BCUT2D eigenvalue weighted by Crippen LogP contribution is -2.07. The van der Waals surface area contributed by atoms with Gasteiger partial charge in [0.2, 0.25) is 0 Å². The molecule has 0 aliphatic rings. The topological polar surface area (TPSA) is 74.2 Å². The molecule has 0 spiro atoms. The molecule has 0 aliphatic heterocycles. The molecular weight excluding hydrogens is 485 g/mol. The summed E-state index contributed by atoms with van der Waals surface area (Å²) < 4.78 is 19.6. The van der Waals surface area contributed by atoms with Crippen molar-refractivity contribution in [2.75, 3.05) is 9.44 Å². The maximum absolute atomic E-state index is 13.3. The Hall–Kier alpha value is -2.45. The van der Waals surface area contributed by atoms with Gasteiger partial charge in [-0.3, -0.25) is 4.98 Å². The second kappa shape index (κ2) is 9.58. The van der Waals surface area contributed by atoms with E-state index < -0.39 is 11.0 Å². The highest BCUT2D eigenvalue weighted by Crippen LogP contribution is 2.39. The summed E-state index contributed by atoms with van der Waals surface area (Å²) in [6.45, 7) is 3.77. The van der Waals surface area contributed by atoms with Gasteiger partial charge in [-0.25, -0.2) is 4.21 Å². The van der Waals surface area contributed by atoms with E-state index in [1.807, 2.05) is 38.1 Å².